The van der Waals surface area contributed by atoms with Gasteiger partial charge in [-0.05, 0) is 83.2 Å². The molecular weight excluding hydrogens is 442 g/mol. The Hall–Kier alpha value is -3.35. The van der Waals surface area contributed by atoms with E-state index in [4.69, 9.17) is 4.74 Å². The molecule has 2 rings (SSSR count). The zero-order chi connectivity index (χ0) is 26.3. The maximum Gasteiger partial charge on any atom is 0.408 e. The largest absolute Gasteiger partial charge is 0.444 e. The number of para-hydroxylation sites is 1. The van der Waals surface area contributed by atoms with E-state index in [0.717, 1.165) is 22.3 Å². The minimum absolute atomic E-state index is 0.303. The molecule has 7 nitrogen and oxygen atoms in total. The number of amides is 3. The number of nitrogens with one attached hydrogen (secondary N) is 2. The molecule has 0 saturated heterocycles. The summed E-state index contributed by atoms with van der Waals surface area (Å²) in [6.07, 6.45) is -0.0352. The first kappa shape index (κ1) is 27.9. The molecular formula is C28H39N3O4. The van der Waals surface area contributed by atoms with Crippen LogP contribution in [0.1, 0.15) is 69.3 Å². The molecule has 0 radical (unpaired) electrons. The number of ether oxygens (including phenoxy) is 1. The maximum atomic E-state index is 13.8. The van der Waals surface area contributed by atoms with Crippen molar-refractivity contribution in [2.75, 3.05) is 11.9 Å². The smallest absolute Gasteiger partial charge is 0.408 e. The molecule has 2 unspecified atom stereocenters. The summed E-state index contributed by atoms with van der Waals surface area (Å²) in [7, 11) is 0. The van der Waals surface area contributed by atoms with Crippen LogP contribution in [0.5, 0.6) is 0 Å². The number of aryl methyl sites for hydroxylation is 3. The van der Waals surface area contributed by atoms with Crippen LogP contribution in [0.15, 0.2) is 42.5 Å². The topological polar surface area (TPSA) is 87.7 Å². The van der Waals surface area contributed by atoms with E-state index in [1.165, 1.54) is 0 Å². The molecule has 0 aromatic heterocycles. The minimum atomic E-state index is -0.880. The van der Waals surface area contributed by atoms with Crippen LogP contribution in [0.4, 0.5) is 10.5 Å². The summed E-state index contributed by atoms with van der Waals surface area (Å²) in [5, 5.41) is 5.65. The second kappa shape index (κ2) is 11.9. The quantitative estimate of drug-likeness (QED) is 0.525. The zero-order valence-corrected chi connectivity index (χ0v) is 22.2. The Labute approximate surface area is 209 Å². The van der Waals surface area contributed by atoms with E-state index in [2.05, 4.69) is 10.6 Å². The van der Waals surface area contributed by atoms with Gasteiger partial charge in [0.05, 0.1) is 0 Å². The van der Waals surface area contributed by atoms with Crippen molar-refractivity contribution in [2.24, 2.45) is 0 Å². The van der Waals surface area contributed by atoms with E-state index in [1.54, 1.807) is 32.6 Å². The van der Waals surface area contributed by atoms with E-state index >= 15 is 0 Å². The van der Waals surface area contributed by atoms with Crippen LogP contribution in [-0.2, 0) is 14.3 Å². The Morgan fingerprint density at radius 2 is 1.51 bits per heavy atom. The molecule has 2 atom stereocenters. The highest BCUT2D eigenvalue weighted by Gasteiger charge is 2.36. The highest BCUT2D eigenvalue weighted by Crippen LogP contribution is 2.30. The Morgan fingerprint density at radius 1 is 0.943 bits per heavy atom. The molecule has 0 aliphatic rings. The van der Waals surface area contributed by atoms with Gasteiger partial charge in [0.2, 0.25) is 5.91 Å². The van der Waals surface area contributed by atoms with Gasteiger partial charge in [0.15, 0.2) is 0 Å². The van der Waals surface area contributed by atoms with Gasteiger partial charge in [0, 0.05) is 12.2 Å². The van der Waals surface area contributed by atoms with E-state index in [9.17, 15) is 14.4 Å². The Morgan fingerprint density at radius 3 is 2.06 bits per heavy atom. The lowest BCUT2D eigenvalue weighted by Crippen LogP contribution is -2.51. The number of anilines is 1. The fourth-order valence-corrected chi connectivity index (χ4v) is 4.00. The second-order valence-corrected chi connectivity index (χ2v) is 9.91. The monoisotopic (exact) mass is 481 g/mol. The zero-order valence-electron chi connectivity index (χ0n) is 22.2. The summed E-state index contributed by atoms with van der Waals surface area (Å²) in [6.45, 7) is 15.0. The molecule has 0 bridgehead atoms. The number of rotatable bonds is 8. The third-order valence-electron chi connectivity index (χ3n) is 5.63. The van der Waals surface area contributed by atoms with E-state index in [-0.39, 0.29) is 11.8 Å². The summed E-state index contributed by atoms with van der Waals surface area (Å²) in [5.41, 5.74) is 3.54. The highest BCUT2D eigenvalue weighted by atomic mass is 16.6. The van der Waals surface area contributed by atoms with Gasteiger partial charge in [-0.25, -0.2) is 4.79 Å². The Balaban J connectivity index is 2.48. The standard InChI is InChI=1S/C28H39N3O4/c1-9-17-31(26(33)21(5)29-27(34)35-28(6,7)8)24(23-19(3)14-12-15-20(23)4)25(32)30-22-16-11-10-13-18(22)2/h10-16,21,24H,9,17H2,1-8H3,(H,29,34)(H,30,32). The molecule has 35 heavy (non-hydrogen) atoms. The number of benzene rings is 2. The lowest BCUT2D eigenvalue weighted by molar-refractivity contribution is -0.140. The van der Waals surface area contributed by atoms with Gasteiger partial charge in [0.25, 0.3) is 5.91 Å². The predicted octanol–water partition coefficient (Wildman–Crippen LogP) is 5.44. The van der Waals surface area contributed by atoms with Gasteiger partial charge in [-0.15, -0.1) is 0 Å². The normalized spacial score (nSPS) is 12.9. The average Bonchev–Trinajstić information content (AvgIpc) is 2.74. The first-order valence-electron chi connectivity index (χ1n) is 12.1. The van der Waals surface area contributed by atoms with Gasteiger partial charge in [-0.1, -0.05) is 43.3 Å². The number of hydrogen-bond acceptors (Lipinski definition) is 4. The van der Waals surface area contributed by atoms with E-state index in [1.807, 2.05) is 70.2 Å². The SMILES string of the molecule is CCCN(C(=O)C(C)NC(=O)OC(C)(C)C)C(C(=O)Nc1ccccc1C)c1c(C)cccc1C. The van der Waals surface area contributed by atoms with Crippen LogP contribution < -0.4 is 10.6 Å². The van der Waals surface area contributed by atoms with Crippen LogP contribution in [0.3, 0.4) is 0 Å². The van der Waals surface area contributed by atoms with Crippen LogP contribution >= 0.6 is 0 Å². The summed E-state index contributed by atoms with van der Waals surface area (Å²) in [5.74, 6) is -0.659. The minimum Gasteiger partial charge on any atom is -0.444 e. The number of carbonyl (C=O) groups excluding carboxylic acids is 3. The van der Waals surface area contributed by atoms with Gasteiger partial charge >= 0.3 is 6.09 Å². The maximum absolute atomic E-state index is 13.8. The van der Waals surface area contributed by atoms with Crippen molar-refractivity contribution in [1.82, 2.24) is 10.2 Å². The van der Waals surface area contributed by atoms with Crippen molar-refractivity contribution in [1.29, 1.82) is 0 Å². The highest BCUT2D eigenvalue weighted by molar-refractivity contribution is 5.99. The lowest BCUT2D eigenvalue weighted by atomic mass is 9.93. The Kier molecular flexibility index (Phi) is 9.46. The molecule has 190 valence electrons. The van der Waals surface area contributed by atoms with Gasteiger partial charge < -0.3 is 20.3 Å². The number of nitrogens with zero attached hydrogens (tertiary/aromatic N) is 1. The summed E-state index contributed by atoms with van der Waals surface area (Å²) in [6, 6.07) is 11.6. The first-order chi connectivity index (χ1) is 16.4. The summed E-state index contributed by atoms with van der Waals surface area (Å²) < 4.78 is 5.32. The van der Waals surface area contributed by atoms with Gasteiger partial charge in [-0.2, -0.15) is 0 Å². The van der Waals surface area contributed by atoms with Crippen molar-refractivity contribution < 1.29 is 19.1 Å². The van der Waals surface area contributed by atoms with Crippen molar-refractivity contribution in [3.63, 3.8) is 0 Å². The molecule has 0 aliphatic heterocycles. The number of carbonyl (C=O) groups is 3. The summed E-state index contributed by atoms with van der Waals surface area (Å²) >= 11 is 0. The molecule has 2 aromatic rings. The third-order valence-corrected chi connectivity index (χ3v) is 5.63. The number of alkyl carbamates (subject to hydrolysis) is 1. The molecule has 0 fully saturated rings. The molecule has 0 saturated carbocycles. The molecule has 0 aliphatic carbocycles. The fourth-order valence-electron chi connectivity index (χ4n) is 4.00. The van der Waals surface area contributed by atoms with Crippen LogP contribution in [0, 0.1) is 20.8 Å². The molecule has 2 aromatic carbocycles. The van der Waals surface area contributed by atoms with Crippen molar-refractivity contribution >= 4 is 23.6 Å². The molecule has 0 heterocycles. The molecule has 7 heteroatoms. The van der Waals surface area contributed by atoms with Crippen LogP contribution in [0.2, 0.25) is 0 Å². The molecule has 2 N–H and O–H groups in total. The first-order valence-corrected chi connectivity index (χ1v) is 12.1. The van der Waals surface area contributed by atoms with E-state index < -0.39 is 23.8 Å². The van der Waals surface area contributed by atoms with Crippen molar-refractivity contribution in [3.05, 3.63) is 64.7 Å². The van der Waals surface area contributed by atoms with E-state index in [0.29, 0.717) is 18.7 Å². The summed E-state index contributed by atoms with van der Waals surface area (Å²) in [4.78, 5) is 41.4. The number of hydrogen-bond donors (Lipinski definition) is 2. The van der Waals surface area contributed by atoms with Gasteiger partial charge in [0.1, 0.15) is 17.7 Å². The molecule has 0 spiro atoms. The van der Waals surface area contributed by atoms with Crippen molar-refractivity contribution in [2.45, 2.75) is 79.5 Å². The van der Waals surface area contributed by atoms with Gasteiger partial charge in [-0.3, -0.25) is 9.59 Å². The molecule has 3 amide bonds. The fraction of sp³-hybridized carbons (Fsp3) is 0.464. The lowest BCUT2D eigenvalue weighted by Gasteiger charge is -2.35. The van der Waals surface area contributed by atoms with Crippen LogP contribution in [0.25, 0.3) is 0 Å². The second-order valence-electron chi connectivity index (χ2n) is 9.91. The Bertz CT molecular complexity index is 1040. The van der Waals surface area contributed by atoms with Crippen molar-refractivity contribution in [3.8, 4) is 0 Å². The third kappa shape index (κ3) is 7.57. The predicted molar refractivity (Wildman–Crippen MR) is 139 cm³/mol. The van der Waals surface area contributed by atoms with Crippen LogP contribution in [-0.4, -0.2) is 41.0 Å². The average molecular weight is 482 g/mol.